The van der Waals surface area contributed by atoms with Gasteiger partial charge in [-0.1, -0.05) is 122 Å². The lowest BCUT2D eigenvalue weighted by atomic mass is 9.85. The molecule has 0 unspecified atom stereocenters. The van der Waals surface area contributed by atoms with Crippen LogP contribution in [-0.4, -0.2) is 0 Å². The maximum Gasteiger partial charge on any atom is 0.0355 e. The summed E-state index contributed by atoms with van der Waals surface area (Å²) in [5, 5.41) is 13.2. The minimum Gasteiger partial charge on any atom is -0.135 e. The molecule has 1 heterocycles. The Morgan fingerprint density at radius 3 is 1.72 bits per heavy atom. The first-order valence-corrected chi connectivity index (χ1v) is 18.3. The maximum absolute atomic E-state index is 3.94. The molecular formula is C49H34S. The highest BCUT2D eigenvalue weighted by molar-refractivity contribution is 7.25. The molecule has 1 aliphatic carbocycles. The molecule has 0 fully saturated rings. The Morgan fingerprint density at radius 1 is 0.540 bits per heavy atom. The number of hydrogen-bond acceptors (Lipinski definition) is 1. The highest BCUT2D eigenvalue weighted by Gasteiger charge is 2.17. The zero-order valence-corrected chi connectivity index (χ0v) is 28.8. The fourth-order valence-electron chi connectivity index (χ4n) is 8.45. The van der Waals surface area contributed by atoms with Crippen LogP contribution in [-0.2, 0) is 6.42 Å². The number of benzene rings is 8. The van der Waals surface area contributed by atoms with Gasteiger partial charge in [-0.05, 0) is 144 Å². The lowest BCUT2D eigenvalue weighted by Gasteiger charge is -2.18. The molecule has 0 saturated carbocycles. The summed E-state index contributed by atoms with van der Waals surface area (Å²) in [6.07, 6.45) is 13.0. The highest BCUT2D eigenvalue weighted by atomic mass is 32.1. The monoisotopic (exact) mass is 654 g/mol. The Bertz CT molecular complexity index is 2950. The minimum absolute atomic E-state index is 1.10. The fourth-order valence-corrected chi connectivity index (χ4v) is 9.51. The van der Waals surface area contributed by atoms with E-state index in [-0.39, 0.29) is 0 Å². The van der Waals surface area contributed by atoms with Crippen LogP contribution in [0.3, 0.4) is 0 Å². The zero-order chi connectivity index (χ0) is 33.3. The van der Waals surface area contributed by atoms with E-state index in [1.54, 1.807) is 0 Å². The van der Waals surface area contributed by atoms with Gasteiger partial charge in [0.05, 0.1) is 0 Å². The molecule has 9 aromatic rings. The molecule has 0 spiro atoms. The first-order chi connectivity index (χ1) is 24.7. The summed E-state index contributed by atoms with van der Waals surface area (Å²) in [6, 6.07) is 45.8. The van der Waals surface area contributed by atoms with Crippen LogP contribution in [0.5, 0.6) is 0 Å². The average Bonchev–Trinajstić information content (AvgIpc) is 3.55. The van der Waals surface area contributed by atoms with Gasteiger partial charge < -0.3 is 0 Å². The third-order valence-corrected chi connectivity index (χ3v) is 12.0. The van der Waals surface area contributed by atoms with Gasteiger partial charge in [-0.15, -0.1) is 11.3 Å². The maximum atomic E-state index is 3.94. The second kappa shape index (κ2) is 11.4. The third kappa shape index (κ3) is 4.44. The number of hydrogen-bond donors (Lipinski definition) is 0. The molecule has 10 rings (SSSR count). The Morgan fingerprint density at radius 2 is 1.06 bits per heavy atom. The molecule has 1 aliphatic rings. The summed E-state index contributed by atoms with van der Waals surface area (Å²) >= 11 is 1.88. The van der Waals surface area contributed by atoms with Gasteiger partial charge in [0.2, 0.25) is 0 Å². The Kier molecular flexibility index (Phi) is 6.66. The smallest absolute Gasteiger partial charge is 0.0355 e. The van der Waals surface area contributed by atoms with Crippen molar-refractivity contribution in [1.29, 1.82) is 0 Å². The number of thiophene rings is 1. The largest absolute Gasteiger partial charge is 0.135 e. The van der Waals surface area contributed by atoms with E-state index in [2.05, 4.69) is 153 Å². The summed E-state index contributed by atoms with van der Waals surface area (Å²) in [4.78, 5) is 0. The van der Waals surface area contributed by atoms with Gasteiger partial charge in [0, 0.05) is 20.2 Å². The van der Waals surface area contributed by atoms with Gasteiger partial charge in [0.1, 0.15) is 0 Å². The second-order valence-electron chi connectivity index (χ2n) is 13.6. The lowest BCUT2D eigenvalue weighted by Crippen LogP contribution is -1.97. The van der Waals surface area contributed by atoms with E-state index in [0.29, 0.717) is 0 Å². The van der Waals surface area contributed by atoms with Crippen LogP contribution >= 0.6 is 11.3 Å². The molecule has 8 aromatic carbocycles. The predicted octanol–water partition coefficient (Wildman–Crippen LogP) is 14.5. The lowest BCUT2D eigenvalue weighted by molar-refractivity contribution is 1.00. The minimum atomic E-state index is 1.10. The van der Waals surface area contributed by atoms with Crippen molar-refractivity contribution in [1.82, 2.24) is 0 Å². The number of aryl methyl sites for hydroxylation is 2. The van der Waals surface area contributed by atoms with E-state index in [0.717, 1.165) is 12.8 Å². The second-order valence-corrected chi connectivity index (χ2v) is 14.7. The number of fused-ring (bicyclic) bond motifs is 12. The van der Waals surface area contributed by atoms with Crippen LogP contribution in [0.25, 0.3) is 97.7 Å². The normalized spacial score (nSPS) is 13.1. The van der Waals surface area contributed by atoms with Crippen molar-refractivity contribution in [2.75, 3.05) is 0 Å². The van der Waals surface area contributed by atoms with Crippen molar-refractivity contribution in [3.63, 3.8) is 0 Å². The molecule has 1 aromatic heterocycles. The van der Waals surface area contributed by atoms with Crippen molar-refractivity contribution in [3.05, 3.63) is 168 Å². The van der Waals surface area contributed by atoms with Crippen molar-refractivity contribution in [2.45, 2.75) is 19.8 Å². The molecule has 0 atom stereocenters. The van der Waals surface area contributed by atoms with Gasteiger partial charge in [0.15, 0.2) is 0 Å². The quantitative estimate of drug-likeness (QED) is 0.131. The summed E-state index contributed by atoms with van der Waals surface area (Å²) in [6.45, 7) is 6.18. The van der Waals surface area contributed by atoms with E-state index in [1.165, 1.54) is 108 Å². The molecule has 0 aliphatic heterocycles. The number of rotatable bonds is 4. The van der Waals surface area contributed by atoms with Gasteiger partial charge in [-0.2, -0.15) is 0 Å². The van der Waals surface area contributed by atoms with E-state index in [1.807, 2.05) is 23.5 Å². The molecular weight excluding hydrogens is 621 g/mol. The highest BCUT2D eigenvalue weighted by Crippen LogP contribution is 2.42. The average molecular weight is 655 g/mol. The first kappa shape index (κ1) is 29.2. The van der Waals surface area contributed by atoms with Crippen molar-refractivity contribution in [3.8, 4) is 22.3 Å². The molecule has 0 N–H and O–H groups in total. The molecule has 0 bridgehead atoms. The van der Waals surface area contributed by atoms with E-state index in [9.17, 15) is 0 Å². The van der Waals surface area contributed by atoms with Crippen molar-refractivity contribution in [2.24, 2.45) is 0 Å². The van der Waals surface area contributed by atoms with Gasteiger partial charge >= 0.3 is 0 Å². The molecule has 1 heteroatoms. The Balaban J connectivity index is 1.13. The first-order valence-electron chi connectivity index (χ1n) is 17.5. The van der Waals surface area contributed by atoms with E-state index >= 15 is 0 Å². The third-order valence-electron chi connectivity index (χ3n) is 10.9. The SMILES string of the molecule is C=C/C=C\c1c(C)c2ccccc2c2ccc(-c3ccc4sc5ccc(-c6ccc7c(c6)c6c(c8ccccc87)CCC=C6)cc5c4c3)cc12. The summed E-state index contributed by atoms with van der Waals surface area (Å²) in [5.41, 5.74) is 10.4. The molecule has 0 nitrogen and oxygen atoms in total. The van der Waals surface area contributed by atoms with Gasteiger partial charge in [-0.25, -0.2) is 0 Å². The Hall–Kier alpha value is -5.76. The van der Waals surface area contributed by atoms with Gasteiger partial charge in [0.25, 0.3) is 0 Å². The van der Waals surface area contributed by atoms with Crippen molar-refractivity contribution < 1.29 is 0 Å². The Labute approximate surface area is 295 Å². The number of allylic oxidation sites excluding steroid dienone is 3. The van der Waals surface area contributed by atoms with Crippen LogP contribution in [0, 0.1) is 6.92 Å². The molecule has 0 saturated heterocycles. The van der Waals surface area contributed by atoms with Crippen LogP contribution in [0.1, 0.15) is 28.7 Å². The van der Waals surface area contributed by atoms with Crippen LogP contribution in [0.15, 0.2) is 146 Å². The fraction of sp³-hybridized carbons (Fsp3) is 0.0612. The molecule has 50 heavy (non-hydrogen) atoms. The van der Waals surface area contributed by atoms with Crippen LogP contribution in [0.2, 0.25) is 0 Å². The summed E-state index contributed by atoms with van der Waals surface area (Å²) < 4.78 is 2.65. The van der Waals surface area contributed by atoms with Crippen LogP contribution in [0.4, 0.5) is 0 Å². The molecule has 0 radical (unpaired) electrons. The van der Waals surface area contributed by atoms with Crippen molar-refractivity contribution >= 4 is 86.8 Å². The zero-order valence-electron chi connectivity index (χ0n) is 28.0. The molecule has 236 valence electrons. The summed E-state index contributed by atoms with van der Waals surface area (Å²) in [7, 11) is 0. The van der Waals surface area contributed by atoms with E-state index in [4.69, 9.17) is 0 Å². The predicted molar refractivity (Wildman–Crippen MR) is 222 cm³/mol. The molecule has 0 amide bonds. The van der Waals surface area contributed by atoms with E-state index < -0.39 is 0 Å². The van der Waals surface area contributed by atoms with Gasteiger partial charge in [-0.3, -0.25) is 0 Å². The van der Waals surface area contributed by atoms with Crippen LogP contribution < -0.4 is 0 Å². The standard InChI is InChI=1S/C49H34S/c1-3-4-11-36-30(2)35-12-5-6-13-37(35)42-22-18-31(26-44(36)42)33-20-24-48-46(28-33)47-29-34(21-25-49(47)50-48)32-19-23-43-40-16-8-7-14-38(40)39-15-9-10-17-41(39)45(43)27-32/h3-8,10-14,16-29H,1,9,15H2,2H3/b11-4-. The topological polar surface area (TPSA) is 0 Å². The summed E-state index contributed by atoms with van der Waals surface area (Å²) in [5.74, 6) is 0.